The molecule has 1 aliphatic carbocycles. The van der Waals surface area contributed by atoms with Crippen molar-refractivity contribution < 1.29 is 29.0 Å². The van der Waals surface area contributed by atoms with E-state index < -0.39 is 12.1 Å². The van der Waals surface area contributed by atoms with E-state index >= 15 is 0 Å². The molecule has 0 saturated heterocycles. The number of ether oxygens (including phenoxy) is 2. The minimum atomic E-state index is -0.924. The molecule has 0 spiro atoms. The fourth-order valence-corrected chi connectivity index (χ4v) is 4.32. The van der Waals surface area contributed by atoms with Gasteiger partial charge in [-0.25, -0.2) is 0 Å². The summed E-state index contributed by atoms with van der Waals surface area (Å²) >= 11 is 0. The van der Waals surface area contributed by atoms with Gasteiger partial charge >= 0.3 is 5.97 Å². The number of hydrogen-bond acceptors (Lipinski definition) is 6. The first kappa shape index (κ1) is 27.8. The Labute approximate surface area is 217 Å². The van der Waals surface area contributed by atoms with Crippen LogP contribution in [0.4, 0.5) is 5.69 Å². The van der Waals surface area contributed by atoms with Gasteiger partial charge in [0.2, 0.25) is 5.91 Å². The van der Waals surface area contributed by atoms with Gasteiger partial charge in [-0.3, -0.25) is 14.4 Å². The molecule has 0 heterocycles. The molecule has 4 N–H and O–H groups in total. The molecule has 9 nitrogen and oxygen atoms in total. The van der Waals surface area contributed by atoms with Crippen molar-refractivity contribution in [2.75, 3.05) is 25.6 Å². The topological polar surface area (TPSA) is 126 Å². The quantitative estimate of drug-likeness (QED) is 0.212. The number of carboxylic acid groups (broad SMARTS) is 1. The standard InChI is InChI=1S/C28H37N3O6/c1-36-23-12-8-20(9-13-23)16-17-29-28(35)27(31-25(32)19-21-5-2-3-6-21)30-22-10-14-24(15-11-22)37-18-4-7-26(33)34/h8-15,21,27,30H,2-7,16-19H2,1H3,(H,29,35)(H,31,32)(H,33,34). The number of nitrogens with one attached hydrogen (secondary N) is 3. The molecule has 1 unspecified atom stereocenters. The van der Waals surface area contributed by atoms with Gasteiger partial charge in [0.1, 0.15) is 11.5 Å². The SMILES string of the molecule is COc1ccc(CCNC(=O)C(NC(=O)CC2CCCC2)Nc2ccc(OCCCC(=O)O)cc2)cc1. The lowest BCUT2D eigenvalue weighted by Crippen LogP contribution is -2.51. The van der Waals surface area contributed by atoms with E-state index in [2.05, 4.69) is 16.0 Å². The Morgan fingerprint density at radius 3 is 2.32 bits per heavy atom. The molecule has 0 aromatic heterocycles. The third kappa shape index (κ3) is 10.0. The van der Waals surface area contributed by atoms with Crippen molar-refractivity contribution in [3.63, 3.8) is 0 Å². The molecule has 2 aromatic carbocycles. The van der Waals surface area contributed by atoms with Crippen LogP contribution in [0.2, 0.25) is 0 Å². The highest BCUT2D eigenvalue weighted by molar-refractivity contribution is 5.89. The first-order valence-corrected chi connectivity index (χ1v) is 12.8. The van der Waals surface area contributed by atoms with Gasteiger partial charge in [-0.1, -0.05) is 25.0 Å². The van der Waals surface area contributed by atoms with E-state index in [0.29, 0.717) is 49.8 Å². The van der Waals surface area contributed by atoms with Gasteiger partial charge in [0.15, 0.2) is 6.17 Å². The van der Waals surface area contributed by atoms with Crippen LogP contribution in [0.25, 0.3) is 0 Å². The molecule has 1 saturated carbocycles. The summed E-state index contributed by atoms with van der Waals surface area (Å²) < 4.78 is 10.7. The number of amides is 2. The first-order valence-electron chi connectivity index (χ1n) is 12.8. The fraction of sp³-hybridized carbons (Fsp3) is 0.464. The minimum absolute atomic E-state index is 0.0510. The van der Waals surface area contributed by atoms with E-state index in [9.17, 15) is 14.4 Å². The summed E-state index contributed by atoms with van der Waals surface area (Å²) in [6, 6.07) is 14.7. The Morgan fingerprint density at radius 2 is 1.68 bits per heavy atom. The fourth-order valence-electron chi connectivity index (χ4n) is 4.32. The van der Waals surface area contributed by atoms with Gasteiger partial charge in [-0.2, -0.15) is 0 Å². The third-order valence-electron chi connectivity index (χ3n) is 6.36. The van der Waals surface area contributed by atoms with Crippen molar-refractivity contribution in [2.45, 2.75) is 57.5 Å². The zero-order valence-corrected chi connectivity index (χ0v) is 21.3. The highest BCUT2D eigenvalue weighted by Crippen LogP contribution is 2.27. The summed E-state index contributed by atoms with van der Waals surface area (Å²) in [7, 11) is 1.62. The summed E-state index contributed by atoms with van der Waals surface area (Å²) in [5, 5.41) is 17.6. The summed E-state index contributed by atoms with van der Waals surface area (Å²) in [5.41, 5.74) is 1.71. The number of methoxy groups -OCH3 is 1. The lowest BCUT2D eigenvalue weighted by molar-refractivity contribution is -0.137. The molecule has 3 rings (SSSR count). The maximum Gasteiger partial charge on any atom is 0.303 e. The van der Waals surface area contributed by atoms with Crippen LogP contribution in [0.1, 0.15) is 50.5 Å². The smallest absolute Gasteiger partial charge is 0.303 e. The monoisotopic (exact) mass is 511 g/mol. The van der Waals surface area contributed by atoms with Crippen LogP contribution in [0.3, 0.4) is 0 Å². The van der Waals surface area contributed by atoms with Crippen molar-refractivity contribution in [3.05, 3.63) is 54.1 Å². The van der Waals surface area contributed by atoms with Gasteiger partial charge in [0.25, 0.3) is 5.91 Å². The molecule has 0 bridgehead atoms. The van der Waals surface area contributed by atoms with E-state index in [1.165, 1.54) is 0 Å². The number of benzene rings is 2. The van der Waals surface area contributed by atoms with Crippen LogP contribution in [0, 0.1) is 5.92 Å². The number of hydrogen-bond donors (Lipinski definition) is 4. The Bertz CT molecular complexity index is 1000. The van der Waals surface area contributed by atoms with Crippen molar-refractivity contribution in [3.8, 4) is 11.5 Å². The largest absolute Gasteiger partial charge is 0.497 e. The average molecular weight is 512 g/mol. The van der Waals surface area contributed by atoms with Crippen LogP contribution in [-0.2, 0) is 20.8 Å². The second-order valence-corrected chi connectivity index (χ2v) is 9.26. The van der Waals surface area contributed by atoms with Crippen LogP contribution in [-0.4, -0.2) is 49.3 Å². The van der Waals surface area contributed by atoms with E-state index in [1.54, 1.807) is 31.4 Å². The van der Waals surface area contributed by atoms with Gasteiger partial charge in [-0.05, 0) is 73.6 Å². The van der Waals surface area contributed by atoms with E-state index in [-0.39, 0.29) is 18.2 Å². The molecule has 37 heavy (non-hydrogen) atoms. The van der Waals surface area contributed by atoms with Crippen molar-refractivity contribution in [1.82, 2.24) is 10.6 Å². The highest BCUT2D eigenvalue weighted by Gasteiger charge is 2.24. The number of anilines is 1. The number of carboxylic acids is 1. The molecule has 2 aromatic rings. The number of carbonyl (C=O) groups is 3. The van der Waals surface area contributed by atoms with Crippen molar-refractivity contribution >= 4 is 23.5 Å². The number of rotatable bonds is 15. The molecule has 0 radical (unpaired) electrons. The van der Waals surface area contributed by atoms with Gasteiger partial charge < -0.3 is 30.5 Å². The third-order valence-corrected chi connectivity index (χ3v) is 6.36. The molecule has 0 aliphatic heterocycles. The Morgan fingerprint density at radius 1 is 1.00 bits per heavy atom. The first-order chi connectivity index (χ1) is 17.9. The van der Waals surface area contributed by atoms with E-state index in [1.807, 2.05) is 24.3 Å². The minimum Gasteiger partial charge on any atom is -0.497 e. The second-order valence-electron chi connectivity index (χ2n) is 9.26. The average Bonchev–Trinajstić information content (AvgIpc) is 3.40. The van der Waals surface area contributed by atoms with E-state index in [4.69, 9.17) is 14.6 Å². The molecule has 2 amide bonds. The molecule has 200 valence electrons. The maximum absolute atomic E-state index is 13.0. The highest BCUT2D eigenvalue weighted by atomic mass is 16.5. The number of aliphatic carboxylic acids is 1. The Balaban J connectivity index is 1.55. The van der Waals surface area contributed by atoms with Gasteiger partial charge in [0, 0.05) is 25.1 Å². The van der Waals surface area contributed by atoms with Crippen molar-refractivity contribution in [2.24, 2.45) is 5.92 Å². The maximum atomic E-state index is 13.0. The van der Waals surface area contributed by atoms with Crippen LogP contribution in [0.5, 0.6) is 11.5 Å². The molecule has 9 heteroatoms. The molecular formula is C28H37N3O6. The summed E-state index contributed by atoms with van der Waals surface area (Å²) in [6.07, 6.45) is 5.00. The normalized spacial score (nSPS) is 14.0. The summed E-state index contributed by atoms with van der Waals surface area (Å²) in [4.78, 5) is 36.3. The van der Waals surface area contributed by atoms with Crippen molar-refractivity contribution in [1.29, 1.82) is 0 Å². The number of carbonyl (C=O) groups excluding carboxylic acids is 2. The van der Waals surface area contributed by atoms with Crippen LogP contribution < -0.4 is 25.4 Å². The molecular weight excluding hydrogens is 474 g/mol. The molecule has 1 fully saturated rings. The van der Waals surface area contributed by atoms with E-state index in [0.717, 1.165) is 37.0 Å². The molecule has 1 atom stereocenters. The predicted octanol–water partition coefficient (Wildman–Crippen LogP) is 3.73. The zero-order valence-electron chi connectivity index (χ0n) is 21.3. The second kappa shape index (κ2) is 14.7. The molecule has 1 aliphatic rings. The van der Waals surface area contributed by atoms with Gasteiger partial charge in [0.05, 0.1) is 13.7 Å². The van der Waals surface area contributed by atoms with Crippen LogP contribution in [0.15, 0.2) is 48.5 Å². The summed E-state index contributed by atoms with van der Waals surface area (Å²) in [5.74, 6) is 0.429. The zero-order chi connectivity index (χ0) is 26.5. The lowest BCUT2D eigenvalue weighted by Gasteiger charge is -2.22. The van der Waals surface area contributed by atoms with Crippen LogP contribution >= 0.6 is 0 Å². The predicted molar refractivity (Wildman–Crippen MR) is 141 cm³/mol. The van der Waals surface area contributed by atoms with Gasteiger partial charge in [-0.15, -0.1) is 0 Å². The Kier molecular flexibility index (Phi) is 11.1. The summed E-state index contributed by atoms with van der Waals surface area (Å²) in [6.45, 7) is 0.723. The Hall–Kier alpha value is -3.75. The lowest BCUT2D eigenvalue weighted by atomic mass is 10.0.